The van der Waals surface area contributed by atoms with Gasteiger partial charge in [-0.25, -0.2) is 0 Å². The van der Waals surface area contributed by atoms with Gasteiger partial charge >= 0.3 is 0 Å². The van der Waals surface area contributed by atoms with Crippen LogP contribution in [0.15, 0.2) is 0 Å². The number of thioether (sulfide) groups is 1. The van der Waals surface area contributed by atoms with Crippen LogP contribution in [-0.4, -0.2) is 36.4 Å². The highest BCUT2D eigenvalue weighted by Crippen LogP contribution is 2.09. The van der Waals surface area contributed by atoms with Crippen molar-refractivity contribution < 1.29 is 4.79 Å². The second kappa shape index (κ2) is 5.47. The first-order valence-electron chi connectivity index (χ1n) is 3.88. The normalized spacial score (nSPS) is 12.7. The molecule has 0 aliphatic rings. The minimum absolute atomic E-state index is 0.162. The van der Waals surface area contributed by atoms with Crippen LogP contribution >= 0.6 is 11.8 Å². The molecule has 0 saturated carbocycles. The van der Waals surface area contributed by atoms with Crippen molar-refractivity contribution in [3.63, 3.8) is 0 Å². The maximum absolute atomic E-state index is 11.3. The third-order valence-corrected chi connectivity index (χ3v) is 2.58. The molecular formula is C8H17NOS. The number of nitrogens with zero attached hydrogens (tertiary/aromatic N) is 1. The number of carbonyl (C=O) groups excluding carboxylic acids is 1. The van der Waals surface area contributed by atoms with Gasteiger partial charge in [0.25, 0.3) is 0 Å². The molecule has 0 heterocycles. The molecule has 0 aromatic heterocycles. The van der Waals surface area contributed by atoms with E-state index in [4.69, 9.17) is 0 Å². The molecule has 0 spiro atoms. The number of rotatable bonds is 4. The van der Waals surface area contributed by atoms with E-state index < -0.39 is 0 Å². The summed E-state index contributed by atoms with van der Waals surface area (Å²) in [6.45, 7) is 4.09. The zero-order valence-electron chi connectivity index (χ0n) is 7.76. The van der Waals surface area contributed by atoms with E-state index in [0.29, 0.717) is 0 Å². The molecule has 11 heavy (non-hydrogen) atoms. The summed E-state index contributed by atoms with van der Waals surface area (Å²) in [6.07, 6.45) is 0. The van der Waals surface area contributed by atoms with E-state index >= 15 is 0 Å². The summed E-state index contributed by atoms with van der Waals surface area (Å²) in [5, 5.41) is 0. The van der Waals surface area contributed by atoms with E-state index in [1.807, 2.05) is 18.7 Å². The van der Waals surface area contributed by atoms with E-state index in [2.05, 4.69) is 6.92 Å². The number of hydrogen-bond acceptors (Lipinski definition) is 2. The fraction of sp³-hybridized carbons (Fsp3) is 0.875. The first kappa shape index (κ1) is 10.8. The van der Waals surface area contributed by atoms with Gasteiger partial charge in [0.15, 0.2) is 0 Å². The standard InChI is InChI=1S/C8H17NOS/c1-5-11-6-7(2)8(10)9(3)4/h7H,5-6H2,1-4H3/t7-/m1/s1. The molecule has 0 N–H and O–H groups in total. The summed E-state index contributed by atoms with van der Waals surface area (Å²) in [4.78, 5) is 12.9. The van der Waals surface area contributed by atoms with Crippen LogP contribution in [0.25, 0.3) is 0 Å². The van der Waals surface area contributed by atoms with Crippen LogP contribution in [0.2, 0.25) is 0 Å². The lowest BCUT2D eigenvalue weighted by Crippen LogP contribution is -2.29. The molecule has 1 atom stereocenters. The second-order valence-corrected chi connectivity index (χ2v) is 4.11. The highest BCUT2D eigenvalue weighted by Gasteiger charge is 2.13. The molecule has 0 aliphatic carbocycles. The predicted octanol–water partition coefficient (Wildman–Crippen LogP) is 1.46. The van der Waals surface area contributed by atoms with E-state index in [1.165, 1.54) is 0 Å². The van der Waals surface area contributed by atoms with Crippen LogP contribution in [0.5, 0.6) is 0 Å². The molecule has 1 amide bonds. The van der Waals surface area contributed by atoms with Gasteiger partial charge in [-0.3, -0.25) is 4.79 Å². The molecule has 0 aliphatic heterocycles. The molecule has 2 nitrogen and oxygen atoms in total. The topological polar surface area (TPSA) is 20.3 Å². The van der Waals surface area contributed by atoms with Crippen LogP contribution < -0.4 is 0 Å². The summed E-state index contributed by atoms with van der Waals surface area (Å²) >= 11 is 1.81. The Morgan fingerprint density at radius 3 is 2.45 bits per heavy atom. The third kappa shape index (κ3) is 4.30. The molecule has 0 aromatic carbocycles. The van der Waals surface area contributed by atoms with Crippen LogP contribution in [0.1, 0.15) is 13.8 Å². The van der Waals surface area contributed by atoms with Crippen molar-refractivity contribution in [2.75, 3.05) is 25.6 Å². The lowest BCUT2D eigenvalue weighted by molar-refractivity contribution is -0.131. The smallest absolute Gasteiger partial charge is 0.225 e. The molecule has 0 radical (unpaired) electrons. The van der Waals surface area contributed by atoms with Crippen molar-refractivity contribution >= 4 is 17.7 Å². The van der Waals surface area contributed by atoms with Gasteiger partial charge in [0, 0.05) is 25.8 Å². The third-order valence-electron chi connectivity index (χ3n) is 1.43. The highest BCUT2D eigenvalue weighted by atomic mass is 32.2. The lowest BCUT2D eigenvalue weighted by Gasteiger charge is -2.15. The van der Waals surface area contributed by atoms with Crippen molar-refractivity contribution in [1.82, 2.24) is 4.90 Å². The predicted molar refractivity (Wildman–Crippen MR) is 50.9 cm³/mol. The number of amides is 1. The molecule has 0 rings (SSSR count). The van der Waals surface area contributed by atoms with Gasteiger partial charge in [-0.15, -0.1) is 0 Å². The maximum atomic E-state index is 11.3. The Labute approximate surface area is 73.3 Å². The van der Waals surface area contributed by atoms with Gasteiger partial charge in [-0.1, -0.05) is 13.8 Å². The Kier molecular flexibility index (Phi) is 5.38. The number of hydrogen-bond donors (Lipinski definition) is 0. The van der Waals surface area contributed by atoms with Crippen molar-refractivity contribution in [2.24, 2.45) is 5.92 Å². The van der Waals surface area contributed by atoms with Gasteiger partial charge in [0.1, 0.15) is 0 Å². The van der Waals surface area contributed by atoms with Gasteiger partial charge in [0.05, 0.1) is 0 Å². The quantitative estimate of drug-likeness (QED) is 0.645. The Hall–Kier alpha value is -0.180. The number of carbonyl (C=O) groups is 1. The minimum Gasteiger partial charge on any atom is -0.349 e. The molecule has 0 fully saturated rings. The highest BCUT2D eigenvalue weighted by molar-refractivity contribution is 7.99. The maximum Gasteiger partial charge on any atom is 0.225 e. The summed E-state index contributed by atoms with van der Waals surface area (Å²) in [7, 11) is 3.60. The van der Waals surface area contributed by atoms with Gasteiger partial charge in [-0.2, -0.15) is 11.8 Å². The summed E-state index contributed by atoms with van der Waals surface area (Å²) in [6, 6.07) is 0. The zero-order chi connectivity index (χ0) is 8.85. The molecule has 0 unspecified atom stereocenters. The molecular weight excluding hydrogens is 158 g/mol. The average molecular weight is 175 g/mol. The van der Waals surface area contributed by atoms with E-state index in [-0.39, 0.29) is 11.8 Å². The van der Waals surface area contributed by atoms with Crippen molar-refractivity contribution in [1.29, 1.82) is 0 Å². The van der Waals surface area contributed by atoms with Crippen molar-refractivity contribution in [3.05, 3.63) is 0 Å². The van der Waals surface area contributed by atoms with E-state index in [0.717, 1.165) is 11.5 Å². The molecule has 66 valence electrons. The van der Waals surface area contributed by atoms with Crippen molar-refractivity contribution in [2.45, 2.75) is 13.8 Å². The summed E-state index contributed by atoms with van der Waals surface area (Å²) in [5.41, 5.74) is 0. The molecule has 0 bridgehead atoms. The molecule has 0 saturated heterocycles. The van der Waals surface area contributed by atoms with Gasteiger partial charge in [0.2, 0.25) is 5.91 Å². The minimum atomic E-state index is 0.162. The Morgan fingerprint density at radius 2 is 2.09 bits per heavy atom. The van der Waals surface area contributed by atoms with Crippen LogP contribution in [-0.2, 0) is 4.79 Å². The zero-order valence-corrected chi connectivity index (χ0v) is 8.57. The molecule has 0 aromatic rings. The lowest BCUT2D eigenvalue weighted by atomic mass is 10.2. The van der Waals surface area contributed by atoms with Crippen LogP contribution in [0.4, 0.5) is 0 Å². The second-order valence-electron chi connectivity index (χ2n) is 2.79. The van der Waals surface area contributed by atoms with E-state index in [1.54, 1.807) is 19.0 Å². The summed E-state index contributed by atoms with van der Waals surface area (Å²) in [5.74, 6) is 2.42. The SMILES string of the molecule is CCSC[C@@H](C)C(=O)N(C)C. The van der Waals surface area contributed by atoms with Gasteiger partial charge in [-0.05, 0) is 5.75 Å². The Bertz CT molecular complexity index is 125. The fourth-order valence-corrected chi connectivity index (χ4v) is 1.54. The molecule has 3 heteroatoms. The Morgan fingerprint density at radius 1 is 1.55 bits per heavy atom. The summed E-state index contributed by atoms with van der Waals surface area (Å²) < 4.78 is 0. The van der Waals surface area contributed by atoms with E-state index in [9.17, 15) is 4.79 Å². The van der Waals surface area contributed by atoms with Crippen LogP contribution in [0, 0.1) is 5.92 Å². The fourth-order valence-electron chi connectivity index (χ4n) is 0.807. The monoisotopic (exact) mass is 175 g/mol. The average Bonchev–Trinajstić information content (AvgIpc) is 1.98. The first-order valence-corrected chi connectivity index (χ1v) is 5.04. The van der Waals surface area contributed by atoms with Gasteiger partial charge < -0.3 is 4.90 Å². The first-order chi connectivity index (χ1) is 5.09. The largest absolute Gasteiger partial charge is 0.349 e. The van der Waals surface area contributed by atoms with Crippen LogP contribution in [0.3, 0.4) is 0 Å². The van der Waals surface area contributed by atoms with Crippen molar-refractivity contribution in [3.8, 4) is 0 Å². The Balaban J connectivity index is 3.64.